The fourth-order valence-electron chi connectivity index (χ4n) is 3.12. The zero-order chi connectivity index (χ0) is 13.7. The van der Waals surface area contributed by atoms with E-state index in [0.29, 0.717) is 11.1 Å². The summed E-state index contributed by atoms with van der Waals surface area (Å²) in [4.78, 5) is 0. The zero-order valence-corrected chi connectivity index (χ0v) is 13.1. The Kier molecular flexibility index (Phi) is 6.00. The fraction of sp³-hybridized carbons (Fsp3) is 0.625. The SMILES string of the molecule is CNC(CC1CCCCCC1)c1ccc(Cl)cc1Cl. The van der Waals surface area contributed by atoms with Crippen molar-refractivity contribution in [3.05, 3.63) is 33.8 Å². The van der Waals surface area contributed by atoms with E-state index in [4.69, 9.17) is 23.2 Å². The molecule has 0 saturated heterocycles. The van der Waals surface area contributed by atoms with Crippen molar-refractivity contribution in [1.29, 1.82) is 0 Å². The van der Waals surface area contributed by atoms with Crippen LogP contribution in [0.5, 0.6) is 0 Å². The van der Waals surface area contributed by atoms with Crippen LogP contribution in [0.3, 0.4) is 0 Å². The smallest absolute Gasteiger partial charge is 0.0468 e. The summed E-state index contributed by atoms with van der Waals surface area (Å²) in [6, 6.07) is 6.17. The largest absolute Gasteiger partial charge is 0.313 e. The number of hydrogen-bond donors (Lipinski definition) is 1. The van der Waals surface area contributed by atoms with Gasteiger partial charge in [0.2, 0.25) is 0 Å². The Bertz CT molecular complexity index is 398. The third-order valence-electron chi connectivity index (χ3n) is 4.23. The van der Waals surface area contributed by atoms with Crippen LogP contribution in [0.25, 0.3) is 0 Å². The monoisotopic (exact) mass is 299 g/mol. The minimum atomic E-state index is 0.341. The quantitative estimate of drug-likeness (QED) is 0.712. The van der Waals surface area contributed by atoms with Gasteiger partial charge >= 0.3 is 0 Å². The molecule has 19 heavy (non-hydrogen) atoms. The Balaban J connectivity index is 2.06. The number of benzene rings is 1. The molecule has 1 atom stereocenters. The summed E-state index contributed by atoms with van der Waals surface area (Å²) in [6.45, 7) is 0. The van der Waals surface area contributed by atoms with E-state index < -0.39 is 0 Å². The summed E-state index contributed by atoms with van der Waals surface area (Å²) in [6.07, 6.45) is 9.49. The predicted molar refractivity (Wildman–Crippen MR) is 84.1 cm³/mol. The molecule has 0 aromatic heterocycles. The van der Waals surface area contributed by atoms with Gasteiger partial charge in [-0.3, -0.25) is 0 Å². The van der Waals surface area contributed by atoms with Crippen LogP contribution in [0.15, 0.2) is 18.2 Å². The molecule has 3 heteroatoms. The lowest BCUT2D eigenvalue weighted by molar-refractivity contribution is 0.368. The summed E-state index contributed by atoms with van der Waals surface area (Å²) >= 11 is 12.3. The van der Waals surface area contributed by atoms with Crippen LogP contribution in [-0.4, -0.2) is 7.05 Å². The van der Waals surface area contributed by atoms with E-state index in [1.807, 2.05) is 19.2 Å². The van der Waals surface area contributed by atoms with Crippen LogP contribution in [0.4, 0.5) is 0 Å². The molecule has 1 aromatic rings. The molecule has 1 fully saturated rings. The van der Waals surface area contributed by atoms with E-state index in [0.717, 1.165) is 10.9 Å². The molecule has 0 radical (unpaired) electrons. The van der Waals surface area contributed by atoms with Gasteiger partial charge < -0.3 is 5.32 Å². The summed E-state index contributed by atoms with van der Waals surface area (Å²) in [7, 11) is 2.02. The van der Waals surface area contributed by atoms with E-state index in [1.165, 1.54) is 50.5 Å². The highest BCUT2D eigenvalue weighted by atomic mass is 35.5. The fourth-order valence-corrected chi connectivity index (χ4v) is 3.66. The normalized spacial score (nSPS) is 19.1. The molecule has 0 aliphatic heterocycles. The van der Waals surface area contributed by atoms with Gasteiger partial charge in [0.1, 0.15) is 0 Å². The Morgan fingerprint density at radius 2 is 1.84 bits per heavy atom. The molecular weight excluding hydrogens is 277 g/mol. The molecule has 1 nitrogen and oxygen atoms in total. The molecule has 1 N–H and O–H groups in total. The molecule has 0 spiro atoms. The van der Waals surface area contributed by atoms with Crippen molar-refractivity contribution in [3.8, 4) is 0 Å². The van der Waals surface area contributed by atoms with E-state index in [9.17, 15) is 0 Å². The highest BCUT2D eigenvalue weighted by molar-refractivity contribution is 6.35. The maximum atomic E-state index is 6.33. The summed E-state index contributed by atoms with van der Waals surface area (Å²) < 4.78 is 0. The highest BCUT2D eigenvalue weighted by Gasteiger charge is 2.20. The molecule has 0 amide bonds. The van der Waals surface area contributed by atoms with Crippen LogP contribution in [-0.2, 0) is 0 Å². The standard InChI is InChI=1S/C16H23Cl2N/c1-19-16(10-12-6-4-2-3-5-7-12)14-9-8-13(17)11-15(14)18/h8-9,11-12,16,19H,2-7,10H2,1H3. The highest BCUT2D eigenvalue weighted by Crippen LogP contribution is 2.34. The second-order valence-electron chi connectivity index (χ2n) is 5.60. The minimum Gasteiger partial charge on any atom is -0.313 e. The van der Waals surface area contributed by atoms with Crippen molar-refractivity contribution >= 4 is 23.2 Å². The first-order valence-corrected chi connectivity index (χ1v) is 8.08. The summed E-state index contributed by atoms with van der Waals surface area (Å²) in [5.41, 5.74) is 1.18. The molecule has 1 aliphatic carbocycles. The van der Waals surface area contributed by atoms with E-state index >= 15 is 0 Å². The molecule has 106 valence electrons. The third kappa shape index (κ3) is 4.37. The zero-order valence-electron chi connectivity index (χ0n) is 11.6. The van der Waals surface area contributed by atoms with Crippen molar-refractivity contribution < 1.29 is 0 Å². The van der Waals surface area contributed by atoms with Gasteiger partial charge in [0.25, 0.3) is 0 Å². The van der Waals surface area contributed by atoms with Gasteiger partial charge in [-0.05, 0) is 37.1 Å². The van der Waals surface area contributed by atoms with Gasteiger partial charge in [0, 0.05) is 16.1 Å². The van der Waals surface area contributed by atoms with E-state index in [1.54, 1.807) is 0 Å². The second kappa shape index (κ2) is 7.52. The van der Waals surface area contributed by atoms with Gasteiger partial charge in [-0.25, -0.2) is 0 Å². The van der Waals surface area contributed by atoms with Crippen LogP contribution in [0.1, 0.15) is 56.6 Å². The average molecular weight is 300 g/mol. The predicted octanol–water partition coefficient (Wildman–Crippen LogP) is 5.61. The Labute approximate surface area is 126 Å². The van der Waals surface area contributed by atoms with Gasteiger partial charge in [-0.15, -0.1) is 0 Å². The van der Waals surface area contributed by atoms with E-state index in [-0.39, 0.29) is 0 Å². The van der Waals surface area contributed by atoms with Gasteiger partial charge in [-0.1, -0.05) is 67.8 Å². The molecule has 1 aromatic carbocycles. The first kappa shape index (κ1) is 15.2. The second-order valence-corrected chi connectivity index (χ2v) is 6.44. The van der Waals surface area contributed by atoms with Crippen molar-refractivity contribution in [2.75, 3.05) is 7.05 Å². The van der Waals surface area contributed by atoms with Crippen molar-refractivity contribution in [2.45, 2.75) is 51.0 Å². The van der Waals surface area contributed by atoms with Crippen molar-refractivity contribution in [1.82, 2.24) is 5.32 Å². The topological polar surface area (TPSA) is 12.0 Å². The Hall–Kier alpha value is -0.240. The molecule has 1 saturated carbocycles. The number of halogens is 2. The Morgan fingerprint density at radius 1 is 1.16 bits per heavy atom. The first-order chi connectivity index (χ1) is 9.20. The van der Waals surface area contributed by atoms with Gasteiger partial charge in [0.05, 0.1) is 0 Å². The van der Waals surface area contributed by atoms with E-state index in [2.05, 4.69) is 11.4 Å². The summed E-state index contributed by atoms with van der Waals surface area (Å²) in [5.74, 6) is 0.826. The molecule has 0 heterocycles. The Morgan fingerprint density at radius 3 is 2.42 bits per heavy atom. The number of rotatable bonds is 4. The average Bonchev–Trinajstić information content (AvgIpc) is 2.65. The number of hydrogen-bond acceptors (Lipinski definition) is 1. The molecule has 1 aliphatic rings. The van der Waals surface area contributed by atoms with Crippen molar-refractivity contribution in [3.63, 3.8) is 0 Å². The van der Waals surface area contributed by atoms with Gasteiger partial charge in [0.15, 0.2) is 0 Å². The van der Waals surface area contributed by atoms with Crippen LogP contribution in [0, 0.1) is 5.92 Å². The van der Waals surface area contributed by atoms with Crippen LogP contribution < -0.4 is 5.32 Å². The van der Waals surface area contributed by atoms with Crippen molar-refractivity contribution in [2.24, 2.45) is 5.92 Å². The lowest BCUT2D eigenvalue weighted by atomic mass is 9.89. The molecule has 1 unspecified atom stereocenters. The lowest BCUT2D eigenvalue weighted by Crippen LogP contribution is -2.20. The molecule has 0 bridgehead atoms. The molecular formula is C16H23Cl2N. The maximum Gasteiger partial charge on any atom is 0.0468 e. The lowest BCUT2D eigenvalue weighted by Gasteiger charge is -2.23. The molecule has 2 rings (SSSR count). The van der Waals surface area contributed by atoms with Crippen LogP contribution in [0.2, 0.25) is 10.0 Å². The first-order valence-electron chi connectivity index (χ1n) is 7.33. The third-order valence-corrected chi connectivity index (χ3v) is 4.79. The summed E-state index contributed by atoms with van der Waals surface area (Å²) in [5, 5.41) is 4.90. The van der Waals surface area contributed by atoms with Crippen LogP contribution >= 0.6 is 23.2 Å². The minimum absolute atomic E-state index is 0.341. The van der Waals surface area contributed by atoms with Gasteiger partial charge in [-0.2, -0.15) is 0 Å². The number of nitrogens with one attached hydrogen (secondary N) is 1. The maximum absolute atomic E-state index is 6.33.